The summed E-state index contributed by atoms with van der Waals surface area (Å²) >= 11 is 0. The Kier molecular flexibility index (Phi) is 4.29. The van der Waals surface area contributed by atoms with E-state index in [2.05, 4.69) is 15.2 Å². The first kappa shape index (κ1) is 15.5. The average molecular weight is 293 g/mol. The quantitative estimate of drug-likeness (QED) is 0.863. The van der Waals surface area contributed by atoms with Crippen molar-refractivity contribution in [2.24, 2.45) is 5.73 Å². The van der Waals surface area contributed by atoms with Crippen molar-refractivity contribution in [1.29, 1.82) is 0 Å². The molecule has 0 bridgehead atoms. The fraction of sp³-hybridized carbons (Fsp3) is 0.714. The van der Waals surface area contributed by atoms with Gasteiger partial charge in [0.05, 0.1) is 0 Å². The maximum absolute atomic E-state index is 12.6. The van der Waals surface area contributed by atoms with Gasteiger partial charge in [0.1, 0.15) is 12.4 Å². The van der Waals surface area contributed by atoms with Gasteiger partial charge in [-0.05, 0) is 12.8 Å². The van der Waals surface area contributed by atoms with E-state index in [1.54, 1.807) is 0 Å². The molecule has 1 fully saturated rings. The van der Waals surface area contributed by atoms with Gasteiger partial charge in [0.25, 0.3) is 5.91 Å². The number of carbonyl (C=O) groups excluding carboxylic acids is 2. The van der Waals surface area contributed by atoms with E-state index >= 15 is 0 Å². The van der Waals surface area contributed by atoms with Gasteiger partial charge in [0.2, 0.25) is 11.7 Å². The predicted molar refractivity (Wildman–Crippen MR) is 77.6 cm³/mol. The van der Waals surface area contributed by atoms with Crippen molar-refractivity contribution in [3.8, 4) is 0 Å². The van der Waals surface area contributed by atoms with Gasteiger partial charge in [-0.25, -0.2) is 4.98 Å². The highest BCUT2D eigenvalue weighted by molar-refractivity contribution is 5.93. The zero-order valence-electron chi connectivity index (χ0n) is 12.8. The van der Waals surface area contributed by atoms with Gasteiger partial charge in [0.15, 0.2) is 0 Å². The van der Waals surface area contributed by atoms with E-state index in [-0.39, 0.29) is 29.7 Å². The lowest BCUT2D eigenvalue weighted by Crippen LogP contribution is -2.44. The molecule has 7 nitrogen and oxygen atoms in total. The number of H-pyrrole nitrogens is 1. The third-order valence-electron chi connectivity index (χ3n) is 3.74. The minimum Gasteiger partial charge on any atom is -0.368 e. The van der Waals surface area contributed by atoms with Gasteiger partial charge in [-0.15, -0.1) is 5.10 Å². The van der Waals surface area contributed by atoms with E-state index in [1.807, 2.05) is 20.8 Å². The van der Waals surface area contributed by atoms with Crippen LogP contribution in [-0.4, -0.2) is 44.5 Å². The van der Waals surface area contributed by atoms with Crippen molar-refractivity contribution >= 4 is 11.8 Å². The molecule has 0 saturated heterocycles. The molecule has 2 rings (SSSR count). The summed E-state index contributed by atoms with van der Waals surface area (Å²) in [4.78, 5) is 29.6. The first-order valence-electron chi connectivity index (χ1n) is 7.31. The van der Waals surface area contributed by atoms with Crippen LogP contribution < -0.4 is 5.73 Å². The van der Waals surface area contributed by atoms with Gasteiger partial charge in [-0.2, -0.15) is 0 Å². The van der Waals surface area contributed by atoms with E-state index in [0.717, 1.165) is 25.7 Å². The first-order valence-corrected chi connectivity index (χ1v) is 7.31. The topological polar surface area (TPSA) is 105 Å². The fourth-order valence-electron chi connectivity index (χ4n) is 2.57. The second-order valence-corrected chi connectivity index (χ2v) is 6.60. The number of nitrogens with two attached hydrogens (primary N) is 1. The van der Waals surface area contributed by atoms with Gasteiger partial charge >= 0.3 is 0 Å². The molecule has 3 N–H and O–H groups in total. The fourth-order valence-corrected chi connectivity index (χ4v) is 2.57. The molecule has 0 unspecified atom stereocenters. The van der Waals surface area contributed by atoms with E-state index in [1.165, 1.54) is 4.90 Å². The van der Waals surface area contributed by atoms with E-state index < -0.39 is 5.91 Å². The number of hydrogen-bond donors (Lipinski definition) is 2. The molecule has 1 aromatic rings. The van der Waals surface area contributed by atoms with Crippen LogP contribution in [0, 0.1) is 0 Å². The Balaban J connectivity index is 2.21. The number of nitrogens with one attached hydrogen (secondary N) is 1. The highest BCUT2D eigenvalue weighted by Crippen LogP contribution is 2.25. The van der Waals surface area contributed by atoms with Gasteiger partial charge in [-0.3, -0.25) is 14.7 Å². The summed E-state index contributed by atoms with van der Waals surface area (Å²) in [6.07, 6.45) is 3.92. The van der Waals surface area contributed by atoms with Crippen LogP contribution in [-0.2, 0) is 10.2 Å². The van der Waals surface area contributed by atoms with Crippen molar-refractivity contribution in [2.75, 3.05) is 6.54 Å². The van der Waals surface area contributed by atoms with Crippen LogP contribution in [0.1, 0.15) is 62.9 Å². The molecule has 1 aliphatic carbocycles. The molecular formula is C14H23N5O2. The molecular weight excluding hydrogens is 270 g/mol. The highest BCUT2D eigenvalue weighted by Gasteiger charge is 2.31. The number of aromatic nitrogens is 3. The van der Waals surface area contributed by atoms with E-state index in [9.17, 15) is 9.59 Å². The minimum atomic E-state index is -0.512. The van der Waals surface area contributed by atoms with Crippen LogP contribution in [0.2, 0.25) is 0 Å². The Morgan fingerprint density at radius 3 is 2.43 bits per heavy atom. The Hall–Kier alpha value is -1.92. The number of rotatable bonds is 4. The molecule has 116 valence electrons. The zero-order valence-corrected chi connectivity index (χ0v) is 12.8. The van der Waals surface area contributed by atoms with Crippen molar-refractivity contribution in [1.82, 2.24) is 20.1 Å². The molecule has 7 heteroatoms. The van der Waals surface area contributed by atoms with Crippen molar-refractivity contribution < 1.29 is 9.59 Å². The summed E-state index contributed by atoms with van der Waals surface area (Å²) in [5, 5.41) is 6.80. The second kappa shape index (κ2) is 5.83. The first-order chi connectivity index (χ1) is 9.79. The number of primary amides is 1. The van der Waals surface area contributed by atoms with E-state index in [0.29, 0.717) is 5.82 Å². The van der Waals surface area contributed by atoms with Crippen LogP contribution in [0.25, 0.3) is 0 Å². The second-order valence-electron chi connectivity index (χ2n) is 6.60. The zero-order chi connectivity index (χ0) is 15.6. The molecule has 0 atom stereocenters. The molecule has 1 aromatic heterocycles. The Labute approximate surface area is 124 Å². The molecule has 0 aliphatic heterocycles. The van der Waals surface area contributed by atoms with E-state index in [4.69, 9.17) is 5.73 Å². The standard InChI is InChI=1S/C14H23N5O2/c1-14(2,3)13-16-11(17-18-13)12(21)19(8-10(15)20)9-6-4-5-7-9/h9H,4-8H2,1-3H3,(H2,15,20)(H,16,17,18). The van der Waals surface area contributed by atoms with Gasteiger partial charge < -0.3 is 10.6 Å². The Morgan fingerprint density at radius 2 is 1.95 bits per heavy atom. The Bertz CT molecular complexity index is 526. The van der Waals surface area contributed by atoms with Crippen LogP contribution in [0.5, 0.6) is 0 Å². The van der Waals surface area contributed by atoms with Crippen LogP contribution in [0.15, 0.2) is 0 Å². The van der Waals surface area contributed by atoms with Crippen LogP contribution in [0.3, 0.4) is 0 Å². The molecule has 21 heavy (non-hydrogen) atoms. The van der Waals surface area contributed by atoms with Crippen molar-refractivity contribution in [3.63, 3.8) is 0 Å². The average Bonchev–Trinajstić information content (AvgIpc) is 3.04. The molecule has 0 spiro atoms. The lowest BCUT2D eigenvalue weighted by molar-refractivity contribution is -0.119. The molecule has 1 saturated carbocycles. The summed E-state index contributed by atoms with van der Waals surface area (Å²) in [6.45, 7) is 5.88. The normalized spacial score (nSPS) is 16.1. The minimum absolute atomic E-state index is 0.0570. The summed E-state index contributed by atoms with van der Waals surface area (Å²) in [6, 6.07) is 0.0570. The third kappa shape index (κ3) is 3.59. The summed E-state index contributed by atoms with van der Waals surface area (Å²) in [5.41, 5.74) is 5.05. The maximum Gasteiger partial charge on any atom is 0.294 e. The molecule has 1 heterocycles. The highest BCUT2D eigenvalue weighted by atomic mass is 16.2. The van der Waals surface area contributed by atoms with Crippen molar-refractivity contribution in [3.05, 3.63) is 11.6 Å². The lowest BCUT2D eigenvalue weighted by atomic mass is 9.96. The summed E-state index contributed by atoms with van der Waals surface area (Å²) in [5.74, 6) is -0.0846. The van der Waals surface area contributed by atoms with Crippen LogP contribution in [0.4, 0.5) is 0 Å². The number of amides is 2. The SMILES string of the molecule is CC(C)(C)c1nc(C(=O)N(CC(N)=O)C2CCCC2)n[nH]1. The third-order valence-corrected chi connectivity index (χ3v) is 3.74. The molecule has 0 aromatic carbocycles. The Morgan fingerprint density at radius 1 is 1.33 bits per heavy atom. The monoisotopic (exact) mass is 293 g/mol. The smallest absolute Gasteiger partial charge is 0.294 e. The number of aromatic amines is 1. The van der Waals surface area contributed by atoms with Crippen molar-refractivity contribution in [2.45, 2.75) is 57.9 Å². The lowest BCUT2D eigenvalue weighted by Gasteiger charge is -2.26. The maximum atomic E-state index is 12.6. The molecule has 0 radical (unpaired) electrons. The van der Waals surface area contributed by atoms with Gasteiger partial charge in [0, 0.05) is 11.5 Å². The number of hydrogen-bond acceptors (Lipinski definition) is 4. The van der Waals surface area contributed by atoms with Gasteiger partial charge in [-0.1, -0.05) is 33.6 Å². The number of nitrogens with zero attached hydrogens (tertiary/aromatic N) is 3. The molecule has 2 amide bonds. The predicted octanol–water partition coefficient (Wildman–Crippen LogP) is 0.972. The largest absolute Gasteiger partial charge is 0.368 e. The summed E-state index contributed by atoms with van der Waals surface area (Å²) in [7, 11) is 0. The number of carbonyl (C=O) groups is 2. The molecule has 1 aliphatic rings. The van der Waals surface area contributed by atoms with Crippen LogP contribution >= 0.6 is 0 Å². The summed E-state index contributed by atoms with van der Waals surface area (Å²) < 4.78 is 0.